The molecule has 0 aromatic heterocycles. The fourth-order valence-corrected chi connectivity index (χ4v) is 1.95. The van der Waals surface area contributed by atoms with Gasteiger partial charge in [0.25, 0.3) is 5.91 Å². The molecule has 1 rings (SSSR count). The van der Waals surface area contributed by atoms with Crippen molar-refractivity contribution in [2.24, 2.45) is 5.92 Å². The van der Waals surface area contributed by atoms with Crippen LogP contribution in [-0.4, -0.2) is 19.1 Å². The Hall–Kier alpha value is -1.51. The fraction of sp³-hybridized carbons (Fsp3) is 0.588. The third-order valence-electron chi connectivity index (χ3n) is 3.59. The summed E-state index contributed by atoms with van der Waals surface area (Å²) >= 11 is 0. The molecule has 0 spiro atoms. The van der Waals surface area contributed by atoms with Crippen molar-refractivity contribution in [1.29, 1.82) is 0 Å². The third-order valence-corrected chi connectivity index (χ3v) is 3.59. The average molecular weight is 277 g/mol. The van der Waals surface area contributed by atoms with Gasteiger partial charge < -0.3 is 10.1 Å². The molecule has 0 aliphatic carbocycles. The minimum atomic E-state index is -0.00277. The van der Waals surface area contributed by atoms with Gasteiger partial charge in [0.15, 0.2) is 0 Å². The van der Waals surface area contributed by atoms with Crippen molar-refractivity contribution < 1.29 is 9.53 Å². The summed E-state index contributed by atoms with van der Waals surface area (Å²) in [6, 6.07) is 7.37. The summed E-state index contributed by atoms with van der Waals surface area (Å²) in [5.74, 6) is 1.39. The van der Waals surface area contributed by atoms with Gasteiger partial charge in [0, 0.05) is 12.1 Å². The normalized spacial score (nSPS) is 10.6. The van der Waals surface area contributed by atoms with Crippen LogP contribution in [0.4, 0.5) is 0 Å². The zero-order valence-corrected chi connectivity index (χ0v) is 12.9. The van der Waals surface area contributed by atoms with Gasteiger partial charge in [-0.1, -0.05) is 40.0 Å². The summed E-state index contributed by atoms with van der Waals surface area (Å²) in [4.78, 5) is 12.0. The maximum Gasteiger partial charge on any atom is 0.251 e. The fourth-order valence-electron chi connectivity index (χ4n) is 1.95. The van der Waals surface area contributed by atoms with Gasteiger partial charge in [-0.15, -0.1) is 0 Å². The summed E-state index contributed by atoms with van der Waals surface area (Å²) in [6.45, 7) is 7.93. The van der Waals surface area contributed by atoms with Gasteiger partial charge in [0.05, 0.1) is 6.61 Å². The molecule has 0 bridgehead atoms. The molecule has 0 fully saturated rings. The predicted molar refractivity (Wildman–Crippen MR) is 83.3 cm³/mol. The predicted octanol–water partition coefficient (Wildman–Crippen LogP) is 4.03. The van der Waals surface area contributed by atoms with Gasteiger partial charge in [-0.3, -0.25) is 4.79 Å². The highest BCUT2D eigenvalue weighted by Crippen LogP contribution is 2.13. The molecule has 0 aliphatic rings. The van der Waals surface area contributed by atoms with Gasteiger partial charge in [0.2, 0.25) is 0 Å². The first-order chi connectivity index (χ1) is 9.71. The first-order valence-electron chi connectivity index (χ1n) is 7.72. The largest absolute Gasteiger partial charge is 0.494 e. The Labute approximate surface area is 122 Å². The molecule has 1 amide bonds. The van der Waals surface area contributed by atoms with Crippen LogP contribution < -0.4 is 10.1 Å². The van der Waals surface area contributed by atoms with Crippen LogP contribution in [0.15, 0.2) is 24.3 Å². The molecule has 1 N–H and O–H groups in total. The quantitative estimate of drug-likeness (QED) is 0.692. The number of benzene rings is 1. The van der Waals surface area contributed by atoms with Crippen LogP contribution in [0.3, 0.4) is 0 Å². The number of unbranched alkanes of at least 4 members (excludes halogenated alkanes) is 1. The summed E-state index contributed by atoms with van der Waals surface area (Å²) in [5, 5.41) is 2.99. The van der Waals surface area contributed by atoms with E-state index in [0.29, 0.717) is 11.5 Å². The summed E-state index contributed by atoms with van der Waals surface area (Å²) < 4.78 is 5.58. The summed E-state index contributed by atoms with van der Waals surface area (Å²) in [7, 11) is 0. The van der Waals surface area contributed by atoms with Gasteiger partial charge in [0.1, 0.15) is 5.75 Å². The number of ether oxygens (including phenoxy) is 1. The van der Waals surface area contributed by atoms with E-state index < -0.39 is 0 Å². The molecule has 0 unspecified atom stereocenters. The second-order valence-corrected chi connectivity index (χ2v) is 5.12. The van der Waals surface area contributed by atoms with E-state index in [2.05, 4.69) is 26.1 Å². The van der Waals surface area contributed by atoms with Crippen LogP contribution in [0.25, 0.3) is 0 Å². The summed E-state index contributed by atoms with van der Waals surface area (Å²) in [5.41, 5.74) is 0.693. The minimum absolute atomic E-state index is 0.00277. The maximum absolute atomic E-state index is 12.0. The zero-order valence-electron chi connectivity index (χ0n) is 12.9. The van der Waals surface area contributed by atoms with E-state index in [4.69, 9.17) is 4.74 Å². The van der Waals surface area contributed by atoms with E-state index in [1.165, 1.54) is 0 Å². The molecule has 1 aromatic rings. The van der Waals surface area contributed by atoms with Crippen LogP contribution in [0, 0.1) is 5.92 Å². The molecule has 112 valence electrons. The molecule has 1 aromatic carbocycles. The molecule has 0 radical (unpaired) electrons. The van der Waals surface area contributed by atoms with Crippen LogP contribution in [-0.2, 0) is 0 Å². The van der Waals surface area contributed by atoms with Crippen molar-refractivity contribution in [3.05, 3.63) is 29.8 Å². The second-order valence-electron chi connectivity index (χ2n) is 5.12. The molecule has 0 atom stereocenters. The third kappa shape index (κ3) is 5.64. The second kappa shape index (κ2) is 9.40. The average Bonchev–Trinajstić information content (AvgIpc) is 2.49. The highest BCUT2D eigenvalue weighted by Gasteiger charge is 2.08. The smallest absolute Gasteiger partial charge is 0.251 e. The van der Waals surface area contributed by atoms with Gasteiger partial charge in [-0.2, -0.15) is 0 Å². The number of amides is 1. The lowest BCUT2D eigenvalue weighted by Crippen LogP contribution is -2.28. The Morgan fingerprint density at radius 1 is 1.15 bits per heavy atom. The molecule has 0 aliphatic heterocycles. The van der Waals surface area contributed by atoms with Gasteiger partial charge in [-0.05, 0) is 36.6 Å². The number of hydrogen-bond acceptors (Lipinski definition) is 2. The lowest BCUT2D eigenvalue weighted by molar-refractivity contribution is 0.0946. The van der Waals surface area contributed by atoms with E-state index in [-0.39, 0.29) is 5.91 Å². The molecule has 20 heavy (non-hydrogen) atoms. The molecule has 0 saturated carbocycles. The molecular formula is C17H27NO2. The molecular weight excluding hydrogens is 250 g/mol. The number of carbonyl (C=O) groups excluding carboxylic acids is 1. The van der Waals surface area contributed by atoms with Crippen LogP contribution in [0.2, 0.25) is 0 Å². The Kier molecular flexibility index (Phi) is 7.78. The highest BCUT2D eigenvalue weighted by molar-refractivity contribution is 5.94. The number of hydrogen-bond donors (Lipinski definition) is 1. The van der Waals surface area contributed by atoms with E-state index in [1.807, 2.05) is 24.3 Å². The molecule has 0 heterocycles. The Bertz CT molecular complexity index is 382. The molecule has 3 nitrogen and oxygen atoms in total. The number of nitrogens with one attached hydrogen (secondary N) is 1. The molecule has 0 saturated heterocycles. The van der Waals surface area contributed by atoms with E-state index >= 15 is 0 Å². The van der Waals surface area contributed by atoms with E-state index in [9.17, 15) is 4.79 Å². The van der Waals surface area contributed by atoms with Crippen LogP contribution >= 0.6 is 0 Å². The van der Waals surface area contributed by atoms with Gasteiger partial charge >= 0.3 is 0 Å². The van der Waals surface area contributed by atoms with E-state index in [1.54, 1.807) is 0 Å². The lowest BCUT2D eigenvalue weighted by Gasteiger charge is -2.13. The number of rotatable bonds is 9. The highest BCUT2D eigenvalue weighted by atomic mass is 16.5. The van der Waals surface area contributed by atoms with E-state index in [0.717, 1.165) is 44.6 Å². The lowest BCUT2D eigenvalue weighted by atomic mass is 10.0. The van der Waals surface area contributed by atoms with Crippen LogP contribution in [0.5, 0.6) is 5.75 Å². The number of carbonyl (C=O) groups is 1. The Morgan fingerprint density at radius 2 is 1.80 bits per heavy atom. The van der Waals surface area contributed by atoms with Crippen LogP contribution in [0.1, 0.15) is 56.8 Å². The van der Waals surface area contributed by atoms with Crippen molar-refractivity contribution in [2.45, 2.75) is 46.5 Å². The van der Waals surface area contributed by atoms with Crippen molar-refractivity contribution in [3.63, 3.8) is 0 Å². The molecule has 3 heteroatoms. The van der Waals surface area contributed by atoms with Crippen molar-refractivity contribution >= 4 is 5.91 Å². The SMILES string of the molecule is CCCCOc1ccc(C(=O)NCC(CC)CC)cc1. The van der Waals surface area contributed by atoms with Crippen molar-refractivity contribution in [2.75, 3.05) is 13.2 Å². The minimum Gasteiger partial charge on any atom is -0.494 e. The first-order valence-corrected chi connectivity index (χ1v) is 7.72. The topological polar surface area (TPSA) is 38.3 Å². The maximum atomic E-state index is 12.0. The van der Waals surface area contributed by atoms with Crippen molar-refractivity contribution in [3.8, 4) is 5.75 Å². The first kappa shape index (κ1) is 16.5. The standard InChI is InChI=1S/C17H27NO2/c1-4-7-12-20-16-10-8-15(9-11-16)17(19)18-13-14(5-2)6-3/h8-11,14H,4-7,12-13H2,1-3H3,(H,18,19). The van der Waals surface area contributed by atoms with Crippen molar-refractivity contribution in [1.82, 2.24) is 5.32 Å². The monoisotopic (exact) mass is 277 g/mol. The Balaban J connectivity index is 2.44. The zero-order chi connectivity index (χ0) is 14.8. The van der Waals surface area contributed by atoms with Gasteiger partial charge in [-0.25, -0.2) is 0 Å². The Morgan fingerprint density at radius 3 is 2.35 bits per heavy atom. The summed E-state index contributed by atoms with van der Waals surface area (Å²) in [6.07, 6.45) is 4.37.